The topological polar surface area (TPSA) is 92.8 Å². The van der Waals surface area contributed by atoms with Gasteiger partial charge in [0.25, 0.3) is 5.91 Å². The third-order valence-corrected chi connectivity index (χ3v) is 4.96. The molecule has 0 saturated carbocycles. The molecule has 0 aliphatic heterocycles. The zero-order valence-corrected chi connectivity index (χ0v) is 17.5. The predicted octanol–water partition coefficient (Wildman–Crippen LogP) is 4.23. The van der Waals surface area contributed by atoms with Crippen LogP contribution in [0.15, 0.2) is 54.7 Å². The van der Waals surface area contributed by atoms with Crippen molar-refractivity contribution in [2.75, 3.05) is 11.9 Å². The first-order valence-corrected chi connectivity index (χ1v) is 9.81. The Morgan fingerprint density at radius 1 is 1.13 bits per heavy atom. The summed E-state index contributed by atoms with van der Waals surface area (Å²) in [6, 6.07) is 17.5. The van der Waals surface area contributed by atoms with Crippen LogP contribution in [0.25, 0.3) is 16.7 Å². The van der Waals surface area contributed by atoms with Gasteiger partial charge in [0.2, 0.25) is 0 Å². The van der Waals surface area contributed by atoms with Gasteiger partial charge in [-0.15, -0.1) is 0 Å². The number of aryl methyl sites for hydroxylation is 3. The molecule has 0 bridgehead atoms. The smallest absolute Gasteiger partial charge is 0.263 e. The molecule has 2 aromatic carbocycles. The summed E-state index contributed by atoms with van der Waals surface area (Å²) in [7, 11) is 0. The number of hydrogen-bond acceptors (Lipinski definition) is 5. The first-order valence-electron chi connectivity index (χ1n) is 9.81. The summed E-state index contributed by atoms with van der Waals surface area (Å²) in [5.74, 6) is 1.03. The average Bonchev–Trinajstić information content (AvgIpc) is 3.15. The summed E-state index contributed by atoms with van der Waals surface area (Å²) in [6.07, 6.45) is 1.41. The lowest BCUT2D eigenvalue weighted by molar-refractivity contribution is -0.118. The van der Waals surface area contributed by atoms with Gasteiger partial charge in [-0.3, -0.25) is 4.79 Å². The quantitative estimate of drug-likeness (QED) is 0.530. The van der Waals surface area contributed by atoms with Crippen LogP contribution in [0.1, 0.15) is 22.3 Å². The number of carbonyl (C=O) groups is 1. The van der Waals surface area contributed by atoms with E-state index >= 15 is 0 Å². The largest absolute Gasteiger partial charge is 0.483 e. The minimum atomic E-state index is -0.393. The highest BCUT2D eigenvalue weighted by Crippen LogP contribution is 2.24. The summed E-state index contributed by atoms with van der Waals surface area (Å²) < 4.78 is 7.12. The van der Waals surface area contributed by atoms with Crippen LogP contribution in [-0.4, -0.2) is 27.3 Å². The Labute approximate surface area is 179 Å². The number of carbonyl (C=O) groups excluding carboxylic acids is 1. The first kappa shape index (κ1) is 20.1. The fourth-order valence-corrected chi connectivity index (χ4v) is 3.44. The van der Waals surface area contributed by atoms with E-state index in [0.29, 0.717) is 11.6 Å². The standard InChI is InChI=1S/C24H21N5O2/c1-15-8-9-21(17(3)10-15)31-14-23(30)28-24-18(12-25)13-26-29(24)22-11-16(2)19-6-4-5-7-20(19)27-22/h4-11,13H,14H2,1-3H3,(H,28,30). The molecule has 0 aliphatic rings. The minimum Gasteiger partial charge on any atom is -0.483 e. The van der Waals surface area contributed by atoms with Gasteiger partial charge in [-0.1, -0.05) is 35.9 Å². The number of amides is 1. The van der Waals surface area contributed by atoms with E-state index < -0.39 is 5.91 Å². The normalized spacial score (nSPS) is 10.6. The van der Waals surface area contributed by atoms with Crippen molar-refractivity contribution in [3.05, 3.63) is 77.0 Å². The van der Waals surface area contributed by atoms with Crippen LogP contribution in [0, 0.1) is 32.1 Å². The Morgan fingerprint density at radius 2 is 1.94 bits per heavy atom. The van der Waals surface area contributed by atoms with Crippen LogP contribution >= 0.6 is 0 Å². The van der Waals surface area contributed by atoms with E-state index in [-0.39, 0.29) is 18.0 Å². The molecule has 1 N–H and O–H groups in total. The summed E-state index contributed by atoms with van der Waals surface area (Å²) in [5, 5.41) is 17.5. The van der Waals surface area contributed by atoms with Crippen molar-refractivity contribution < 1.29 is 9.53 Å². The van der Waals surface area contributed by atoms with Crippen molar-refractivity contribution >= 4 is 22.6 Å². The number of ether oxygens (including phenoxy) is 1. The summed E-state index contributed by atoms with van der Waals surface area (Å²) in [4.78, 5) is 17.2. The van der Waals surface area contributed by atoms with E-state index in [1.807, 2.05) is 69.3 Å². The van der Waals surface area contributed by atoms with Crippen molar-refractivity contribution in [2.24, 2.45) is 0 Å². The highest BCUT2D eigenvalue weighted by atomic mass is 16.5. The molecule has 1 amide bonds. The molecule has 0 radical (unpaired) electrons. The summed E-state index contributed by atoms with van der Waals surface area (Å²) in [6.45, 7) is 5.72. The number of nitrogens with zero attached hydrogens (tertiary/aromatic N) is 4. The maximum atomic E-state index is 12.6. The molecule has 7 nitrogen and oxygen atoms in total. The fraction of sp³-hybridized carbons (Fsp3) is 0.167. The fourth-order valence-electron chi connectivity index (χ4n) is 3.44. The van der Waals surface area contributed by atoms with E-state index in [1.165, 1.54) is 10.9 Å². The van der Waals surface area contributed by atoms with E-state index in [2.05, 4.69) is 21.5 Å². The molecule has 0 unspecified atom stereocenters. The first-order chi connectivity index (χ1) is 15.0. The van der Waals surface area contributed by atoms with Crippen LogP contribution in [0.4, 0.5) is 5.82 Å². The molecule has 0 spiro atoms. The molecule has 2 heterocycles. The van der Waals surface area contributed by atoms with Crippen molar-refractivity contribution in [3.63, 3.8) is 0 Å². The lowest BCUT2D eigenvalue weighted by Gasteiger charge is -2.12. The second-order valence-corrected chi connectivity index (χ2v) is 7.35. The van der Waals surface area contributed by atoms with Crippen molar-refractivity contribution in [2.45, 2.75) is 20.8 Å². The Hall–Kier alpha value is -4.18. The van der Waals surface area contributed by atoms with Gasteiger partial charge < -0.3 is 10.1 Å². The Balaban J connectivity index is 1.60. The second kappa shape index (κ2) is 8.28. The van der Waals surface area contributed by atoms with Gasteiger partial charge in [-0.05, 0) is 50.1 Å². The van der Waals surface area contributed by atoms with Crippen LogP contribution in [0.3, 0.4) is 0 Å². The van der Waals surface area contributed by atoms with Gasteiger partial charge in [0.15, 0.2) is 18.2 Å². The number of rotatable bonds is 5. The highest BCUT2D eigenvalue weighted by Gasteiger charge is 2.17. The third kappa shape index (κ3) is 4.09. The molecule has 0 saturated heterocycles. The van der Waals surface area contributed by atoms with E-state index in [9.17, 15) is 10.1 Å². The highest BCUT2D eigenvalue weighted by molar-refractivity contribution is 5.92. The van der Waals surface area contributed by atoms with Gasteiger partial charge >= 0.3 is 0 Å². The van der Waals surface area contributed by atoms with Crippen molar-refractivity contribution in [1.82, 2.24) is 14.8 Å². The Kier molecular flexibility index (Phi) is 5.37. The molecule has 0 fully saturated rings. The van der Waals surface area contributed by atoms with Crippen LogP contribution in [0.5, 0.6) is 5.75 Å². The molecule has 31 heavy (non-hydrogen) atoms. The van der Waals surface area contributed by atoms with Crippen LogP contribution in [0.2, 0.25) is 0 Å². The lowest BCUT2D eigenvalue weighted by Crippen LogP contribution is -2.23. The van der Waals surface area contributed by atoms with Crippen molar-refractivity contribution in [1.29, 1.82) is 5.26 Å². The number of nitrogens with one attached hydrogen (secondary N) is 1. The third-order valence-electron chi connectivity index (χ3n) is 4.96. The Bertz CT molecular complexity index is 1330. The molecule has 154 valence electrons. The minimum absolute atomic E-state index is 0.190. The number of aromatic nitrogens is 3. The molecule has 2 aromatic heterocycles. The monoisotopic (exact) mass is 411 g/mol. The molecule has 4 aromatic rings. The number of nitriles is 1. The van der Waals surface area contributed by atoms with E-state index in [0.717, 1.165) is 27.6 Å². The number of pyridine rings is 1. The van der Waals surface area contributed by atoms with Crippen molar-refractivity contribution in [3.8, 4) is 17.6 Å². The summed E-state index contributed by atoms with van der Waals surface area (Å²) in [5.41, 5.74) is 4.14. The zero-order chi connectivity index (χ0) is 22.0. The number of hydrogen-bond donors (Lipinski definition) is 1. The van der Waals surface area contributed by atoms with Gasteiger partial charge in [-0.2, -0.15) is 15.0 Å². The molecular weight excluding hydrogens is 390 g/mol. The maximum Gasteiger partial charge on any atom is 0.263 e. The van der Waals surface area contributed by atoms with E-state index in [1.54, 1.807) is 0 Å². The molecule has 7 heteroatoms. The van der Waals surface area contributed by atoms with Gasteiger partial charge in [0.05, 0.1) is 11.7 Å². The lowest BCUT2D eigenvalue weighted by atomic mass is 10.1. The molecule has 4 rings (SSSR count). The SMILES string of the molecule is Cc1ccc(OCC(=O)Nc2c(C#N)cnn2-c2cc(C)c3ccccc3n2)c(C)c1. The zero-order valence-electron chi connectivity index (χ0n) is 17.5. The average molecular weight is 411 g/mol. The number of fused-ring (bicyclic) bond motifs is 1. The predicted molar refractivity (Wildman–Crippen MR) is 118 cm³/mol. The summed E-state index contributed by atoms with van der Waals surface area (Å²) >= 11 is 0. The molecular formula is C24H21N5O2. The molecule has 0 aliphatic carbocycles. The molecule has 0 atom stereocenters. The second-order valence-electron chi connectivity index (χ2n) is 7.35. The number of anilines is 1. The van der Waals surface area contributed by atoms with Gasteiger partial charge in [0, 0.05) is 5.39 Å². The Morgan fingerprint density at radius 3 is 2.71 bits per heavy atom. The number of para-hydroxylation sites is 1. The number of benzene rings is 2. The van der Waals surface area contributed by atoms with Crippen LogP contribution < -0.4 is 10.1 Å². The van der Waals surface area contributed by atoms with Gasteiger partial charge in [0.1, 0.15) is 17.4 Å². The van der Waals surface area contributed by atoms with Crippen LogP contribution in [-0.2, 0) is 4.79 Å². The maximum absolute atomic E-state index is 12.6. The van der Waals surface area contributed by atoms with E-state index in [4.69, 9.17) is 4.74 Å². The van der Waals surface area contributed by atoms with Gasteiger partial charge in [-0.25, -0.2) is 4.98 Å².